The number of methoxy groups -OCH3 is 1. The van der Waals surface area contributed by atoms with Gasteiger partial charge in [0.2, 0.25) is 0 Å². The lowest BCUT2D eigenvalue weighted by molar-refractivity contribution is -0.140. The standard InChI is InChI=1S/C11H14N2O2S/c1-15-11(14)9(7-4-5-7)16-10-8(12)3-2-6-13-10/h2-3,6-7,9H,4-5,12H2,1H3. The van der Waals surface area contributed by atoms with Gasteiger partial charge in [-0.25, -0.2) is 4.98 Å². The summed E-state index contributed by atoms with van der Waals surface area (Å²) < 4.78 is 4.80. The number of nitrogens with zero attached hydrogens (tertiary/aromatic N) is 1. The van der Waals surface area contributed by atoms with Crippen LogP contribution in [0.1, 0.15) is 12.8 Å². The first-order chi connectivity index (χ1) is 7.72. The Morgan fingerprint density at radius 3 is 3.00 bits per heavy atom. The molecule has 4 nitrogen and oxygen atoms in total. The molecule has 0 aromatic carbocycles. The minimum Gasteiger partial charge on any atom is -0.468 e. The van der Waals surface area contributed by atoms with Crippen molar-refractivity contribution in [2.75, 3.05) is 12.8 Å². The smallest absolute Gasteiger partial charge is 0.319 e. The topological polar surface area (TPSA) is 65.2 Å². The number of ether oxygens (including phenoxy) is 1. The number of carbonyl (C=O) groups is 1. The summed E-state index contributed by atoms with van der Waals surface area (Å²) in [6, 6.07) is 3.57. The van der Waals surface area contributed by atoms with Crippen molar-refractivity contribution >= 4 is 23.4 Å². The largest absolute Gasteiger partial charge is 0.468 e. The normalized spacial score (nSPS) is 16.8. The van der Waals surface area contributed by atoms with E-state index in [2.05, 4.69) is 4.98 Å². The Morgan fingerprint density at radius 2 is 2.44 bits per heavy atom. The van der Waals surface area contributed by atoms with Crippen LogP contribution in [0.5, 0.6) is 0 Å². The maximum absolute atomic E-state index is 11.6. The van der Waals surface area contributed by atoms with Crippen molar-refractivity contribution in [2.45, 2.75) is 23.1 Å². The summed E-state index contributed by atoms with van der Waals surface area (Å²) in [7, 11) is 1.42. The molecule has 0 bridgehead atoms. The molecular formula is C11H14N2O2S. The van der Waals surface area contributed by atoms with E-state index in [0.29, 0.717) is 16.6 Å². The number of thioether (sulfide) groups is 1. The van der Waals surface area contributed by atoms with Gasteiger partial charge < -0.3 is 10.5 Å². The van der Waals surface area contributed by atoms with Crippen molar-refractivity contribution in [3.05, 3.63) is 18.3 Å². The van der Waals surface area contributed by atoms with E-state index in [1.54, 1.807) is 18.3 Å². The number of hydrogen-bond acceptors (Lipinski definition) is 5. The Hall–Kier alpha value is -1.23. The van der Waals surface area contributed by atoms with Crippen LogP contribution in [0.2, 0.25) is 0 Å². The first-order valence-electron chi connectivity index (χ1n) is 5.17. The molecule has 1 aliphatic rings. The molecule has 0 amide bonds. The van der Waals surface area contributed by atoms with E-state index in [1.807, 2.05) is 0 Å². The molecule has 1 aliphatic carbocycles. The lowest BCUT2D eigenvalue weighted by atomic mass is 10.3. The van der Waals surface area contributed by atoms with Crippen LogP contribution in [-0.4, -0.2) is 23.3 Å². The summed E-state index contributed by atoms with van der Waals surface area (Å²) in [6.45, 7) is 0. The maximum Gasteiger partial charge on any atom is 0.319 e. The van der Waals surface area contributed by atoms with Gasteiger partial charge in [-0.2, -0.15) is 0 Å². The highest BCUT2D eigenvalue weighted by atomic mass is 32.2. The third-order valence-electron chi connectivity index (χ3n) is 2.52. The summed E-state index contributed by atoms with van der Waals surface area (Å²) in [4.78, 5) is 15.8. The van der Waals surface area contributed by atoms with E-state index in [4.69, 9.17) is 10.5 Å². The van der Waals surface area contributed by atoms with Gasteiger partial charge in [0.25, 0.3) is 0 Å². The summed E-state index contributed by atoms with van der Waals surface area (Å²) in [5, 5.41) is 0.548. The van der Waals surface area contributed by atoms with Gasteiger partial charge in [-0.3, -0.25) is 4.79 Å². The number of nitrogens with two attached hydrogens (primary N) is 1. The molecule has 86 valence electrons. The molecule has 0 spiro atoms. The Balaban J connectivity index is 2.11. The third-order valence-corrected chi connectivity index (χ3v) is 3.92. The van der Waals surface area contributed by atoms with Crippen molar-refractivity contribution in [1.82, 2.24) is 4.98 Å². The Morgan fingerprint density at radius 1 is 1.69 bits per heavy atom. The van der Waals surface area contributed by atoms with Gasteiger partial charge in [0, 0.05) is 6.20 Å². The summed E-state index contributed by atoms with van der Waals surface area (Å²) >= 11 is 1.41. The van der Waals surface area contributed by atoms with Crippen LogP contribution in [0, 0.1) is 5.92 Å². The van der Waals surface area contributed by atoms with Crippen LogP contribution in [-0.2, 0) is 9.53 Å². The summed E-state index contributed by atoms with van der Waals surface area (Å²) in [5.74, 6) is 0.233. The zero-order valence-corrected chi connectivity index (χ0v) is 9.87. The predicted octanol–water partition coefficient (Wildman–Crippen LogP) is 1.71. The molecule has 1 aromatic rings. The lowest BCUT2D eigenvalue weighted by Crippen LogP contribution is -2.21. The number of rotatable bonds is 4. The second-order valence-corrected chi connectivity index (χ2v) is 4.93. The maximum atomic E-state index is 11.6. The average Bonchev–Trinajstić information content (AvgIpc) is 3.11. The lowest BCUT2D eigenvalue weighted by Gasteiger charge is -2.13. The molecule has 1 fully saturated rings. The number of esters is 1. The second kappa shape index (κ2) is 4.74. The molecular weight excluding hydrogens is 224 g/mol. The van der Waals surface area contributed by atoms with E-state index in [9.17, 15) is 4.79 Å². The quantitative estimate of drug-likeness (QED) is 0.639. The highest BCUT2D eigenvalue weighted by Gasteiger charge is 2.38. The average molecular weight is 238 g/mol. The molecule has 0 radical (unpaired) electrons. The molecule has 2 N–H and O–H groups in total. The van der Waals surface area contributed by atoms with E-state index in [0.717, 1.165) is 12.8 Å². The SMILES string of the molecule is COC(=O)C(Sc1ncccc1N)C1CC1. The molecule has 0 saturated heterocycles. The van der Waals surface area contributed by atoms with E-state index >= 15 is 0 Å². The number of aromatic nitrogens is 1. The molecule has 2 rings (SSSR count). The van der Waals surface area contributed by atoms with Gasteiger partial charge >= 0.3 is 5.97 Å². The van der Waals surface area contributed by atoms with Crippen LogP contribution in [0.4, 0.5) is 5.69 Å². The number of pyridine rings is 1. The van der Waals surface area contributed by atoms with Crippen molar-refractivity contribution in [1.29, 1.82) is 0 Å². The fourth-order valence-corrected chi connectivity index (χ4v) is 2.70. The van der Waals surface area contributed by atoms with Gasteiger partial charge in [0.1, 0.15) is 10.3 Å². The second-order valence-electron chi connectivity index (χ2n) is 3.80. The van der Waals surface area contributed by atoms with Gasteiger partial charge in [-0.05, 0) is 30.9 Å². The van der Waals surface area contributed by atoms with Gasteiger partial charge in [0.05, 0.1) is 12.8 Å². The van der Waals surface area contributed by atoms with Crippen LogP contribution < -0.4 is 5.73 Å². The zero-order chi connectivity index (χ0) is 11.5. The molecule has 5 heteroatoms. The van der Waals surface area contributed by atoms with Gasteiger partial charge in [-0.1, -0.05) is 11.8 Å². The predicted molar refractivity (Wildman–Crippen MR) is 63.0 cm³/mol. The molecule has 1 heterocycles. The molecule has 1 saturated carbocycles. The highest BCUT2D eigenvalue weighted by molar-refractivity contribution is 8.00. The van der Waals surface area contributed by atoms with Crippen LogP contribution in [0.15, 0.2) is 23.4 Å². The Kier molecular flexibility index (Phi) is 3.33. The third kappa shape index (κ3) is 2.47. The minimum absolute atomic E-state index is 0.165. The molecule has 1 unspecified atom stereocenters. The van der Waals surface area contributed by atoms with Crippen molar-refractivity contribution in [2.24, 2.45) is 5.92 Å². The van der Waals surface area contributed by atoms with Crippen LogP contribution in [0.25, 0.3) is 0 Å². The van der Waals surface area contributed by atoms with Gasteiger partial charge in [0.15, 0.2) is 0 Å². The monoisotopic (exact) mass is 238 g/mol. The highest BCUT2D eigenvalue weighted by Crippen LogP contribution is 2.42. The number of anilines is 1. The molecule has 1 atom stereocenters. The number of hydrogen-bond donors (Lipinski definition) is 1. The molecule has 0 aliphatic heterocycles. The van der Waals surface area contributed by atoms with E-state index in [-0.39, 0.29) is 11.2 Å². The summed E-state index contributed by atoms with van der Waals surface area (Å²) in [5.41, 5.74) is 6.41. The van der Waals surface area contributed by atoms with E-state index < -0.39 is 0 Å². The van der Waals surface area contributed by atoms with E-state index in [1.165, 1.54) is 18.9 Å². The van der Waals surface area contributed by atoms with Crippen molar-refractivity contribution in [3.63, 3.8) is 0 Å². The first kappa shape index (κ1) is 11.3. The number of nitrogen functional groups attached to an aromatic ring is 1. The Bertz CT molecular complexity index is 393. The molecule has 16 heavy (non-hydrogen) atoms. The van der Waals surface area contributed by atoms with Gasteiger partial charge in [-0.15, -0.1) is 0 Å². The fraction of sp³-hybridized carbons (Fsp3) is 0.455. The number of carbonyl (C=O) groups excluding carboxylic acids is 1. The van der Waals surface area contributed by atoms with Crippen LogP contribution >= 0.6 is 11.8 Å². The molecule has 1 aromatic heterocycles. The first-order valence-corrected chi connectivity index (χ1v) is 6.05. The van der Waals surface area contributed by atoms with Crippen molar-refractivity contribution in [3.8, 4) is 0 Å². The van der Waals surface area contributed by atoms with Crippen LogP contribution in [0.3, 0.4) is 0 Å². The fourth-order valence-electron chi connectivity index (χ4n) is 1.47. The van der Waals surface area contributed by atoms with Crippen molar-refractivity contribution < 1.29 is 9.53 Å². The zero-order valence-electron chi connectivity index (χ0n) is 9.05. The summed E-state index contributed by atoms with van der Waals surface area (Å²) in [6.07, 6.45) is 3.85. The Labute approximate surface area is 98.6 Å². The minimum atomic E-state index is -0.183.